The number of rotatable bonds is 6. The lowest BCUT2D eigenvalue weighted by atomic mass is 10.1. The summed E-state index contributed by atoms with van der Waals surface area (Å²) in [7, 11) is 3.24. The van der Waals surface area contributed by atoms with E-state index in [0.717, 1.165) is 28.2 Å². The number of carbonyl (C=O) groups excluding carboxylic acids is 1. The number of thioether (sulfide) groups is 1. The molecular formula is C23H25N3O3S. The third-order valence-electron chi connectivity index (χ3n) is 5.39. The number of nitrogens with zero attached hydrogens (tertiary/aromatic N) is 3. The van der Waals surface area contributed by atoms with Gasteiger partial charge in [-0.1, -0.05) is 30.3 Å². The molecule has 1 fully saturated rings. The fourth-order valence-electron chi connectivity index (χ4n) is 3.96. The standard InChI is InChI=1S/C23H25N3O3S/c1-15-21(16(2)26(24-15)18-10-6-5-7-11-18)23-25(20(27)14-30-23)13-17-9-8-12-19(28-3)22(17)29-4/h5-12,23H,13-14H2,1-4H3. The number of ether oxygens (including phenoxy) is 2. The number of benzene rings is 2. The van der Waals surface area contributed by atoms with E-state index in [1.165, 1.54) is 0 Å². The second-order valence-corrected chi connectivity index (χ2v) is 8.24. The van der Waals surface area contributed by atoms with E-state index >= 15 is 0 Å². The highest BCUT2D eigenvalue weighted by Gasteiger charge is 2.37. The van der Waals surface area contributed by atoms with Crippen LogP contribution >= 0.6 is 11.8 Å². The molecule has 1 unspecified atom stereocenters. The van der Waals surface area contributed by atoms with E-state index in [1.807, 2.05) is 65.0 Å². The summed E-state index contributed by atoms with van der Waals surface area (Å²) in [6, 6.07) is 15.8. The minimum Gasteiger partial charge on any atom is -0.493 e. The van der Waals surface area contributed by atoms with E-state index in [9.17, 15) is 4.79 Å². The van der Waals surface area contributed by atoms with Gasteiger partial charge in [-0.15, -0.1) is 11.8 Å². The summed E-state index contributed by atoms with van der Waals surface area (Å²) < 4.78 is 13.0. The zero-order valence-corrected chi connectivity index (χ0v) is 18.4. The van der Waals surface area contributed by atoms with Gasteiger partial charge >= 0.3 is 0 Å². The smallest absolute Gasteiger partial charge is 0.234 e. The van der Waals surface area contributed by atoms with E-state index in [2.05, 4.69) is 6.92 Å². The van der Waals surface area contributed by atoms with Gasteiger partial charge in [-0.3, -0.25) is 4.79 Å². The molecule has 3 aromatic rings. The van der Waals surface area contributed by atoms with Crippen molar-refractivity contribution in [3.8, 4) is 17.2 Å². The van der Waals surface area contributed by atoms with Gasteiger partial charge in [-0.2, -0.15) is 5.10 Å². The highest BCUT2D eigenvalue weighted by molar-refractivity contribution is 8.00. The molecule has 1 aliphatic rings. The molecule has 7 heteroatoms. The molecule has 1 aliphatic heterocycles. The second-order valence-electron chi connectivity index (χ2n) is 7.17. The Kier molecular flexibility index (Phi) is 5.72. The maximum atomic E-state index is 12.8. The van der Waals surface area contributed by atoms with Gasteiger partial charge in [0.1, 0.15) is 5.37 Å². The minimum atomic E-state index is -0.0918. The number of amides is 1. The van der Waals surface area contributed by atoms with E-state index < -0.39 is 0 Å². The maximum absolute atomic E-state index is 12.8. The van der Waals surface area contributed by atoms with E-state index in [1.54, 1.807) is 26.0 Å². The van der Waals surface area contributed by atoms with Crippen LogP contribution < -0.4 is 9.47 Å². The Morgan fingerprint density at radius 2 is 1.83 bits per heavy atom. The Morgan fingerprint density at radius 1 is 1.07 bits per heavy atom. The Morgan fingerprint density at radius 3 is 2.53 bits per heavy atom. The van der Waals surface area contributed by atoms with Gasteiger partial charge < -0.3 is 14.4 Å². The van der Waals surface area contributed by atoms with Gasteiger partial charge in [0.15, 0.2) is 11.5 Å². The SMILES string of the molecule is COc1cccc(CN2C(=O)CSC2c2c(C)nn(-c3ccccc3)c2C)c1OC. The largest absolute Gasteiger partial charge is 0.493 e. The molecule has 0 N–H and O–H groups in total. The van der Waals surface area contributed by atoms with Crippen molar-refractivity contribution in [2.45, 2.75) is 25.8 Å². The molecule has 2 aromatic carbocycles. The molecule has 0 spiro atoms. The molecule has 156 valence electrons. The highest BCUT2D eigenvalue weighted by Crippen LogP contribution is 2.44. The molecule has 0 aliphatic carbocycles. The average molecular weight is 424 g/mol. The van der Waals surface area contributed by atoms with E-state index in [-0.39, 0.29) is 11.3 Å². The van der Waals surface area contributed by atoms with Gasteiger partial charge in [0.2, 0.25) is 5.91 Å². The first-order valence-electron chi connectivity index (χ1n) is 9.77. The molecular weight excluding hydrogens is 398 g/mol. The molecule has 1 amide bonds. The number of hydrogen-bond acceptors (Lipinski definition) is 5. The van der Waals surface area contributed by atoms with Crippen molar-refractivity contribution in [1.29, 1.82) is 0 Å². The fraction of sp³-hybridized carbons (Fsp3) is 0.304. The molecule has 2 heterocycles. The average Bonchev–Trinajstić information content (AvgIpc) is 3.26. The van der Waals surface area contributed by atoms with Crippen LogP contribution in [0.25, 0.3) is 5.69 Å². The molecule has 4 rings (SSSR count). The Hall–Kier alpha value is -2.93. The summed E-state index contributed by atoms with van der Waals surface area (Å²) in [6.45, 7) is 4.53. The topological polar surface area (TPSA) is 56.6 Å². The lowest BCUT2D eigenvalue weighted by Crippen LogP contribution is -2.28. The van der Waals surface area contributed by atoms with Gasteiger partial charge in [0, 0.05) is 16.8 Å². The first-order chi connectivity index (χ1) is 14.5. The van der Waals surface area contributed by atoms with Crippen molar-refractivity contribution in [3.63, 3.8) is 0 Å². The zero-order valence-electron chi connectivity index (χ0n) is 17.6. The van der Waals surface area contributed by atoms with Crippen LogP contribution in [0.15, 0.2) is 48.5 Å². The number of para-hydroxylation sites is 2. The Balaban J connectivity index is 1.71. The summed E-state index contributed by atoms with van der Waals surface area (Å²) in [4.78, 5) is 14.7. The molecule has 30 heavy (non-hydrogen) atoms. The number of methoxy groups -OCH3 is 2. The van der Waals surface area contributed by atoms with Crippen molar-refractivity contribution in [2.24, 2.45) is 0 Å². The van der Waals surface area contributed by atoms with Crippen LogP contribution in [0, 0.1) is 13.8 Å². The molecule has 0 bridgehead atoms. The van der Waals surface area contributed by atoms with Crippen LogP contribution in [0.2, 0.25) is 0 Å². The lowest BCUT2D eigenvalue weighted by molar-refractivity contribution is -0.128. The van der Waals surface area contributed by atoms with Crippen molar-refractivity contribution < 1.29 is 14.3 Å². The van der Waals surface area contributed by atoms with Crippen molar-refractivity contribution >= 4 is 17.7 Å². The van der Waals surface area contributed by atoms with Crippen LogP contribution in [0.3, 0.4) is 0 Å². The Labute approximate surface area is 180 Å². The van der Waals surface area contributed by atoms with Gasteiger partial charge in [-0.25, -0.2) is 4.68 Å². The van der Waals surface area contributed by atoms with Crippen LogP contribution in [-0.2, 0) is 11.3 Å². The summed E-state index contributed by atoms with van der Waals surface area (Å²) >= 11 is 1.64. The number of aryl methyl sites for hydroxylation is 1. The molecule has 0 radical (unpaired) electrons. The molecule has 0 saturated carbocycles. The monoisotopic (exact) mass is 423 g/mol. The van der Waals surface area contributed by atoms with Crippen molar-refractivity contribution in [1.82, 2.24) is 14.7 Å². The number of carbonyl (C=O) groups is 1. The van der Waals surface area contributed by atoms with Crippen LogP contribution in [0.1, 0.15) is 27.9 Å². The van der Waals surface area contributed by atoms with Crippen LogP contribution in [0.4, 0.5) is 0 Å². The third-order valence-corrected chi connectivity index (χ3v) is 6.61. The Bertz CT molecular complexity index is 1070. The van der Waals surface area contributed by atoms with Crippen molar-refractivity contribution in [2.75, 3.05) is 20.0 Å². The minimum absolute atomic E-state index is 0.0918. The molecule has 1 aromatic heterocycles. The van der Waals surface area contributed by atoms with Gasteiger partial charge in [0.05, 0.1) is 37.9 Å². The summed E-state index contributed by atoms with van der Waals surface area (Å²) in [5, 5.41) is 4.68. The van der Waals surface area contributed by atoms with Gasteiger partial charge in [0.25, 0.3) is 0 Å². The molecule has 1 atom stereocenters. The summed E-state index contributed by atoms with van der Waals surface area (Å²) in [5.41, 5.74) is 5.01. The predicted octanol–water partition coefficient (Wildman–Crippen LogP) is 4.28. The second kappa shape index (κ2) is 8.44. The highest BCUT2D eigenvalue weighted by atomic mass is 32.2. The van der Waals surface area contributed by atoms with Crippen LogP contribution in [-0.4, -0.2) is 40.6 Å². The molecule has 1 saturated heterocycles. The van der Waals surface area contributed by atoms with E-state index in [4.69, 9.17) is 14.6 Å². The third kappa shape index (κ3) is 3.54. The van der Waals surface area contributed by atoms with Crippen LogP contribution in [0.5, 0.6) is 11.5 Å². The number of hydrogen-bond donors (Lipinski definition) is 0. The molecule has 6 nitrogen and oxygen atoms in total. The normalized spacial score (nSPS) is 16.2. The number of aromatic nitrogens is 2. The zero-order chi connectivity index (χ0) is 21.3. The fourth-order valence-corrected chi connectivity index (χ4v) is 5.30. The van der Waals surface area contributed by atoms with Crippen molar-refractivity contribution in [3.05, 3.63) is 71.0 Å². The first-order valence-corrected chi connectivity index (χ1v) is 10.8. The lowest BCUT2D eigenvalue weighted by Gasteiger charge is -2.25. The quantitative estimate of drug-likeness (QED) is 0.592. The summed E-state index contributed by atoms with van der Waals surface area (Å²) in [6.07, 6.45) is 0. The first kappa shape index (κ1) is 20.3. The maximum Gasteiger partial charge on any atom is 0.234 e. The van der Waals surface area contributed by atoms with E-state index in [0.29, 0.717) is 23.8 Å². The predicted molar refractivity (Wildman–Crippen MR) is 118 cm³/mol. The summed E-state index contributed by atoms with van der Waals surface area (Å²) in [5.74, 6) is 1.89. The van der Waals surface area contributed by atoms with Gasteiger partial charge in [-0.05, 0) is 32.0 Å².